The summed E-state index contributed by atoms with van der Waals surface area (Å²) >= 11 is 0. The zero-order valence-corrected chi connectivity index (χ0v) is 10.4. The highest BCUT2D eigenvalue weighted by Crippen LogP contribution is 2.27. The van der Waals surface area contributed by atoms with Gasteiger partial charge in [0.25, 0.3) is 0 Å². The topological polar surface area (TPSA) is 112 Å². The summed E-state index contributed by atoms with van der Waals surface area (Å²) < 4.78 is 4.69. The lowest BCUT2D eigenvalue weighted by Crippen LogP contribution is -2.24. The molecule has 1 atom stereocenters. The third-order valence-electron chi connectivity index (χ3n) is 3.13. The molecule has 1 fully saturated rings. The molecule has 1 unspecified atom stereocenters. The molecule has 2 rings (SSSR count). The lowest BCUT2D eigenvalue weighted by atomic mass is 10.1. The van der Waals surface area contributed by atoms with Crippen LogP contribution in [-0.4, -0.2) is 36.1 Å². The van der Waals surface area contributed by atoms with Crippen molar-refractivity contribution in [1.29, 1.82) is 0 Å². The molecule has 1 aliphatic heterocycles. The average molecular weight is 266 g/mol. The zero-order valence-electron chi connectivity index (χ0n) is 10.4. The summed E-state index contributed by atoms with van der Waals surface area (Å²) in [5.41, 5.74) is 5.32. The number of carbonyl (C=O) groups is 1. The van der Waals surface area contributed by atoms with Crippen LogP contribution >= 0.6 is 0 Å². The van der Waals surface area contributed by atoms with Crippen LogP contribution in [0.2, 0.25) is 0 Å². The van der Waals surface area contributed by atoms with Gasteiger partial charge in [-0.3, -0.25) is 14.9 Å². The summed E-state index contributed by atoms with van der Waals surface area (Å²) in [7, 11) is 1.35. The van der Waals surface area contributed by atoms with Crippen molar-refractivity contribution in [1.82, 2.24) is 4.98 Å². The van der Waals surface area contributed by atoms with Crippen molar-refractivity contribution in [3.8, 4) is 0 Å². The third-order valence-corrected chi connectivity index (χ3v) is 3.13. The monoisotopic (exact) mass is 266 g/mol. The Morgan fingerprint density at radius 1 is 1.63 bits per heavy atom. The minimum atomic E-state index is -0.576. The first-order valence-corrected chi connectivity index (χ1v) is 5.76. The van der Waals surface area contributed by atoms with E-state index in [2.05, 4.69) is 4.98 Å². The molecule has 0 saturated carbocycles. The van der Waals surface area contributed by atoms with Crippen molar-refractivity contribution >= 4 is 23.3 Å². The van der Waals surface area contributed by atoms with E-state index in [1.54, 1.807) is 0 Å². The Hall–Kier alpha value is -2.38. The Bertz CT molecular complexity index is 519. The van der Waals surface area contributed by atoms with E-state index in [0.717, 1.165) is 0 Å². The van der Waals surface area contributed by atoms with Crippen LogP contribution in [0.25, 0.3) is 0 Å². The third kappa shape index (κ3) is 2.56. The molecule has 1 aromatic heterocycles. The number of pyridine rings is 1. The standard InChI is InChI=1S/C11H14N4O4/c1-19-11(16)7-4-5-14(6-7)9-3-2-8(15(17)18)10(12)13-9/h2-3,7H,4-6H2,1H3,(H2,12,13). The summed E-state index contributed by atoms with van der Waals surface area (Å²) in [5.74, 6) is -0.0286. The Morgan fingerprint density at radius 2 is 2.37 bits per heavy atom. The molecule has 2 heterocycles. The van der Waals surface area contributed by atoms with Gasteiger partial charge in [-0.1, -0.05) is 0 Å². The number of ether oxygens (including phenoxy) is 1. The maximum absolute atomic E-state index is 11.4. The van der Waals surface area contributed by atoms with Crippen molar-refractivity contribution in [2.75, 3.05) is 30.8 Å². The largest absolute Gasteiger partial charge is 0.469 e. The van der Waals surface area contributed by atoms with Gasteiger partial charge in [0, 0.05) is 19.2 Å². The number of aromatic nitrogens is 1. The van der Waals surface area contributed by atoms with Gasteiger partial charge in [0.05, 0.1) is 18.0 Å². The number of carbonyl (C=O) groups excluding carboxylic acids is 1. The second-order valence-corrected chi connectivity index (χ2v) is 4.29. The molecule has 0 spiro atoms. The van der Waals surface area contributed by atoms with E-state index in [1.807, 2.05) is 4.90 Å². The molecule has 0 aliphatic carbocycles. The number of nitrogens with zero attached hydrogens (tertiary/aromatic N) is 3. The number of rotatable bonds is 3. The molecule has 0 bridgehead atoms. The van der Waals surface area contributed by atoms with Gasteiger partial charge in [0.1, 0.15) is 5.82 Å². The lowest BCUT2D eigenvalue weighted by Gasteiger charge is -2.17. The predicted octanol–water partition coefficient (Wildman–Crippen LogP) is 0.571. The van der Waals surface area contributed by atoms with Crippen LogP contribution in [0.4, 0.5) is 17.3 Å². The minimum absolute atomic E-state index is 0.121. The molecule has 0 amide bonds. The molecule has 1 aromatic rings. The van der Waals surface area contributed by atoms with Gasteiger partial charge in [0.2, 0.25) is 5.82 Å². The predicted molar refractivity (Wildman–Crippen MR) is 67.6 cm³/mol. The van der Waals surface area contributed by atoms with Gasteiger partial charge in [0.15, 0.2) is 0 Å². The van der Waals surface area contributed by atoms with Crippen LogP contribution in [0.3, 0.4) is 0 Å². The smallest absolute Gasteiger partial charge is 0.311 e. The number of nitrogens with two attached hydrogens (primary N) is 1. The Morgan fingerprint density at radius 3 is 2.95 bits per heavy atom. The maximum atomic E-state index is 11.4. The number of nitrogen functional groups attached to an aromatic ring is 1. The van der Waals surface area contributed by atoms with Crippen LogP contribution in [0, 0.1) is 16.0 Å². The van der Waals surface area contributed by atoms with Gasteiger partial charge in [-0.05, 0) is 12.5 Å². The summed E-state index contributed by atoms with van der Waals surface area (Å²) in [6.45, 7) is 1.13. The average Bonchev–Trinajstić information content (AvgIpc) is 2.86. The highest BCUT2D eigenvalue weighted by molar-refractivity contribution is 5.74. The molecule has 1 aliphatic rings. The minimum Gasteiger partial charge on any atom is -0.469 e. The Kier molecular flexibility index (Phi) is 3.50. The SMILES string of the molecule is COC(=O)C1CCN(c2ccc([N+](=O)[O-])c(N)n2)C1. The van der Waals surface area contributed by atoms with Gasteiger partial charge in [-0.2, -0.15) is 0 Å². The van der Waals surface area contributed by atoms with Gasteiger partial charge >= 0.3 is 11.7 Å². The Balaban J connectivity index is 2.14. The quantitative estimate of drug-likeness (QED) is 0.483. The lowest BCUT2D eigenvalue weighted by molar-refractivity contribution is -0.384. The second kappa shape index (κ2) is 5.09. The van der Waals surface area contributed by atoms with E-state index in [1.165, 1.54) is 19.2 Å². The number of anilines is 2. The molecular formula is C11H14N4O4. The van der Waals surface area contributed by atoms with Crippen molar-refractivity contribution in [3.63, 3.8) is 0 Å². The van der Waals surface area contributed by atoms with E-state index < -0.39 is 4.92 Å². The van der Waals surface area contributed by atoms with E-state index in [9.17, 15) is 14.9 Å². The highest BCUT2D eigenvalue weighted by atomic mass is 16.6. The number of esters is 1. The molecular weight excluding hydrogens is 252 g/mol. The van der Waals surface area contributed by atoms with Crippen LogP contribution < -0.4 is 10.6 Å². The molecule has 1 saturated heterocycles. The van der Waals surface area contributed by atoms with Crippen LogP contribution in [0.15, 0.2) is 12.1 Å². The Labute approximate surface area is 109 Å². The first-order chi connectivity index (χ1) is 9.02. The first-order valence-electron chi connectivity index (χ1n) is 5.76. The molecule has 0 aromatic carbocycles. The summed E-state index contributed by atoms with van der Waals surface area (Å²) in [4.78, 5) is 27.4. The molecule has 2 N–H and O–H groups in total. The van der Waals surface area contributed by atoms with Gasteiger partial charge in [-0.15, -0.1) is 0 Å². The van der Waals surface area contributed by atoms with E-state index >= 15 is 0 Å². The van der Waals surface area contributed by atoms with Crippen molar-refractivity contribution in [3.05, 3.63) is 22.2 Å². The van der Waals surface area contributed by atoms with Gasteiger partial charge < -0.3 is 15.4 Å². The summed E-state index contributed by atoms with van der Waals surface area (Å²) in [5, 5.41) is 10.6. The van der Waals surface area contributed by atoms with Gasteiger partial charge in [-0.25, -0.2) is 4.98 Å². The maximum Gasteiger partial charge on any atom is 0.311 e. The van der Waals surface area contributed by atoms with Crippen molar-refractivity contribution in [2.24, 2.45) is 5.92 Å². The number of nitro groups is 1. The fourth-order valence-corrected chi connectivity index (χ4v) is 2.11. The normalized spacial score (nSPS) is 18.4. The van der Waals surface area contributed by atoms with E-state index in [4.69, 9.17) is 10.5 Å². The molecule has 8 heteroatoms. The van der Waals surface area contributed by atoms with Crippen LogP contribution in [0.1, 0.15) is 6.42 Å². The molecule has 19 heavy (non-hydrogen) atoms. The van der Waals surface area contributed by atoms with Crippen LogP contribution in [0.5, 0.6) is 0 Å². The van der Waals surface area contributed by atoms with E-state index in [0.29, 0.717) is 25.3 Å². The summed E-state index contributed by atoms with van der Waals surface area (Å²) in [6.07, 6.45) is 0.672. The number of hydrogen-bond donors (Lipinski definition) is 1. The van der Waals surface area contributed by atoms with Crippen molar-refractivity contribution in [2.45, 2.75) is 6.42 Å². The number of methoxy groups -OCH3 is 1. The van der Waals surface area contributed by atoms with Crippen molar-refractivity contribution < 1.29 is 14.5 Å². The van der Waals surface area contributed by atoms with E-state index in [-0.39, 0.29) is 23.4 Å². The fraction of sp³-hybridized carbons (Fsp3) is 0.455. The molecule has 0 radical (unpaired) electrons. The summed E-state index contributed by atoms with van der Waals surface area (Å²) in [6, 6.07) is 2.86. The van der Waals surface area contributed by atoms with Crippen LogP contribution in [-0.2, 0) is 9.53 Å². The zero-order chi connectivity index (χ0) is 14.0. The second-order valence-electron chi connectivity index (χ2n) is 4.29. The fourth-order valence-electron chi connectivity index (χ4n) is 2.11. The number of hydrogen-bond acceptors (Lipinski definition) is 7. The first kappa shape index (κ1) is 13.1. The highest BCUT2D eigenvalue weighted by Gasteiger charge is 2.30. The molecule has 8 nitrogen and oxygen atoms in total. The molecule has 102 valence electrons.